The van der Waals surface area contributed by atoms with Crippen LogP contribution in [-0.2, 0) is 0 Å². The zero-order chi connectivity index (χ0) is 24.1. The highest BCUT2D eigenvalue weighted by molar-refractivity contribution is 6.04. The maximum atomic E-state index is 12.6. The van der Waals surface area contributed by atoms with Crippen molar-refractivity contribution < 1.29 is 14.3 Å². The summed E-state index contributed by atoms with van der Waals surface area (Å²) >= 11 is 0. The van der Waals surface area contributed by atoms with Gasteiger partial charge in [-0.3, -0.25) is 4.79 Å². The molecule has 0 atom stereocenters. The van der Waals surface area contributed by atoms with Crippen molar-refractivity contribution in [1.29, 1.82) is 0 Å². The Bertz CT molecular complexity index is 1280. The third-order valence-corrected chi connectivity index (χ3v) is 5.22. The number of rotatable bonds is 8. The molecule has 1 N–H and O–H groups in total. The number of hydrogen-bond acceptors (Lipinski definition) is 5. The summed E-state index contributed by atoms with van der Waals surface area (Å²) in [5, 5.41) is 7.53. The maximum Gasteiger partial charge on any atom is 0.336 e. The Morgan fingerprint density at radius 3 is 2.50 bits per heavy atom. The minimum absolute atomic E-state index is 0.211. The number of anilines is 1. The smallest absolute Gasteiger partial charge is 0.336 e. The van der Waals surface area contributed by atoms with E-state index in [1.807, 2.05) is 55.5 Å². The van der Waals surface area contributed by atoms with Crippen LogP contribution in [0, 0.1) is 12.8 Å². The van der Waals surface area contributed by atoms with Gasteiger partial charge in [0.15, 0.2) is 5.82 Å². The van der Waals surface area contributed by atoms with E-state index in [0.717, 1.165) is 16.8 Å². The van der Waals surface area contributed by atoms with Crippen LogP contribution in [0.2, 0.25) is 0 Å². The number of aromatic nitrogens is 3. The highest BCUT2D eigenvalue weighted by Gasteiger charge is 2.17. The zero-order valence-electron chi connectivity index (χ0n) is 19.8. The van der Waals surface area contributed by atoms with Crippen LogP contribution >= 0.6 is 0 Å². The van der Waals surface area contributed by atoms with Crippen molar-refractivity contribution in [3.8, 4) is 28.8 Å². The summed E-state index contributed by atoms with van der Waals surface area (Å²) in [4.78, 5) is 17.3. The second-order valence-corrected chi connectivity index (χ2v) is 8.38. The number of carbonyl (C=O) groups is 1. The van der Waals surface area contributed by atoms with Crippen LogP contribution in [0.3, 0.4) is 0 Å². The Hall–Kier alpha value is -4.13. The quantitative estimate of drug-likeness (QED) is 0.377. The molecule has 0 bridgehead atoms. The molecule has 0 fully saturated rings. The Morgan fingerprint density at radius 2 is 1.79 bits per heavy atom. The van der Waals surface area contributed by atoms with Crippen molar-refractivity contribution in [2.75, 3.05) is 19.0 Å². The Morgan fingerprint density at radius 1 is 1.03 bits per heavy atom. The molecule has 34 heavy (non-hydrogen) atoms. The average Bonchev–Trinajstić information content (AvgIpc) is 3.27. The molecule has 0 aliphatic rings. The van der Waals surface area contributed by atoms with Gasteiger partial charge in [-0.1, -0.05) is 44.2 Å². The van der Waals surface area contributed by atoms with Crippen molar-refractivity contribution >= 4 is 11.6 Å². The van der Waals surface area contributed by atoms with E-state index in [1.54, 1.807) is 36.1 Å². The predicted molar refractivity (Wildman–Crippen MR) is 133 cm³/mol. The summed E-state index contributed by atoms with van der Waals surface area (Å²) in [6.07, 6.45) is 0. The summed E-state index contributed by atoms with van der Waals surface area (Å²) in [6.45, 7) is 6.74. The second-order valence-electron chi connectivity index (χ2n) is 8.38. The first-order chi connectivity index (χ1) is 16.4. The molecule has 0 saturated carbocycles. The number of carbonyl (C=O) groups excluding carboxylic acids is 1. The molecule has 1 heterocycles. The number of methoxy groups -OCH3 is 1. The largest absolute Gasteiger partial charge is 0.497 e. The first-order valence-electron chi connectivity index (χ1n) is 11.2. The molecule has 0 unspecified atom stereocenters. The summed E-state index contributed by atoms with van der Waals surface area (Å²) in [5.74, 6) is 1.48. The Kier molecular flexibility index (Phi) is 6.92. The number of nitrogens with one attached hydrogen (secondary N) is 1. The van der Waals surface area contributed by atoms with Gasteiger partial charge in [0.05, 0.1) is 19.4 Å². The Labute approximate surface area is 199 Å². The first kappa shape index (κ1) is 23.0. The van der Waals surface area contributed by atoms with Gasteiger partial charge in [-0.15, -0.1) is 5.10 Å². The first-order valence-corrected chi connectivity index (χ1v) is 11.2. The van der Waals surface area contributed by atoms with Gasteiger partial charge in [-0.2, -0.15) is 4.98 Å². The van der Waals surface area contributed by atoms with Crippen LogP contribution in [0.5, 0.6) is 11.8 Å². The normalized spacial score (nSPS) is 10.9. The lowest BCUT2D eigenvalue weighted by Crippen LogP contribution is -2.12. The lowest BCUT2D eigenvalue weighted by molar-refractivity contribution is 0.102. The van der Waals surface area contributed by atoms with Crippen LogP contribution in [0.1, 0.15) is 29.8 Å². The number of nitrogens with zero attached hydrogens (tertiary/aromatic N) is 3. The van der Waals surface area contributed by atoms with Gasteiger partial charge in [-0.25, -0.2) is 4.68 Å². The molecule has 0 spiro atoms. The van der Waals surface area contributed by atoms with E-state index in [1.165, 1.54) is 0 Å². The molecule has 0 aliphatic carbocycles. The van der Waals surface area contributed by atoms with Gasteiger partial charge < -0.3 is 14.8 Å². The van der Waals surface area contributed by atoms with Gasteiger partial charge in [-0.05, 0) is 60.9 Å². The molecule has 0 saturated heterocycles. The minimum Gasteiger partial charge on any atom is -0.497 e. The third kappa shape index (κ3) is 5.26. The third-order valence-electron chi connectivity index (χ3n) is 5.22. The fourth-order valence-electron chi connectivity index (χ4n) is 3.43. The molecule has 1 aromatic heterocycles. The zero-order valence-corrected chi connectivity index (χ0v) is 19.8. The van der Waals surface area contributed by atoms with Crippen LogP contribution < -0.4 is 14.8 Å². The minimum atomic E-state index is -0.211. The highest BCUT2D eigenvalue weighted by atomic mass is 16.5. The molecule has 4 rings (SSSR count). The van der Waals surface area contributed by atoms with E-state index < -0.39 is 0 Å². The van der Waals surface area contributed by atoms with E-state index in [-0.39, 0.29) is 5.91 Å². The summed E-state index contributed by atoms with van der Waals surface area (Å²) in [5.41, 5.74) is 4.07. The molecular formula is C27H28N4O3. The number of ether oxygens (including phenoxy) is 2. The average molecular weight is 457 g/mol. The van der Waals surface area contributed by atoms with Crippen molar-refractivity contribution in [3.05, 3.63) is 83.9 Å². The number of hydrogen-bond donors (Lipinski definition) is 1. The van der Waals surface area contributed by atoms with E-state index in [9.17, 15) is 4.79 Å². The summed E-state index contributed by atoms with van der Waals surface area (Å²) in [6, 6.07) is 22.9. The van der Waals surface area contributed by atoms with Crippen LogP contribution in [-0.4, -0.2) is 34.4 Å². The number of benzene rings is 3. The molecule has 1 amide bonds. The van der Waals surface area contributed by atoms with Crippen molar-refractivity contribution in [2.24, 2.45) is 5.92 Å². The maximum absolute atomic E-state index is 12.6. The van der Waals surface area contributed by atoms with E-state index in [4.69, 9.17) is 9.47 Å². The second kappa shape index (κ2) is 10.2. The van der Waals surface area contributed by atoms with Crippen LogP contribution in [0.15, 0.2) is 72.8 Å². The summed E-state index contributed by atoms with van der Waals surface area (Å²) < 4.78 is 12.8. The van der Waals surface area contributed by atoms with E-state index >= 15 is 0 Å². The van der Waals surface area contributed by atoms with Gasteiger partial charge in [0, 0.05) is 16.8 Å². The lowest BCUT2D eigenvalue weighted by atomic mass is 10.1. The molecule has 7 nitrogen and oxygen atoms in total. The van der Waals surface area contributed by atoms with Gasteiger partial charge in [0.1, 0.15) is 5.75 Å². The number of aryl methyl sites for hydroxylation is 1. The van der Waals surface area contributed by atoms with Gasteiger partial charge in [0.25, 0.3) is 5.91 Å². The molecule has 7 heteroatoms. The molecule has 4 aromatic rings. The summed E-state index contributed by atoms with van der Waals surface area (Å²) in [7, 11) is 1.57. The van der Waals surface area contributed by atoms with Crippen LogP contribution in [0.25, 0.3) is 17.1 Å². The molecule has 174 valence electrons. The van der Waals surface area contributed by atoms with E-state index in [0.29, 0.717) is 41.4 Å². The van der Waals surface area contributed by atoms with Crippen molar-refractivity contribution in [2.45, 2.75) is 20.8 Å². The van der Waals surface area contributed by atoms with Crippen molar-refractivity contribution in [3.63, 3.8) is 0 Å². The fraction of sp³-hybridized carbons (Fsp3) is 0.222. The molecule has 0 radical (unpaired) electrons. The standard InChI is InChI=1S/C27H28N4O3/c1-18(2)17-34-27-29-25(24-11-6-5-8-19(24)3)31(30-27)22-14-12-21(13-15-22)28-26(32)20-9-7-10-23(16-20)33-4/h5-16,18H,17H2,1-4H3,(H,28,32). The predicted octanol–water partition coefficient (Wildman–Crippen LogP) is 5.54. The molecule has 0 aliphatic heterocycles. The monoisotopic (exact) mass is 456 g/mol. The Balaban J connectivity index is 1.61. The number of amides is 1. The van der Waals surface area contributed by atoms with Gasteiger partial charge in [0.2, 0.25) is 0 Å². The molecular weight excluding hydrogens is 428 g/mol. The van der Waals surface area contributed by atoms with Crippen molar-refractivity contribution in [1.82, 2.24) is 14.8 Å². The SMILES string of the molecule is COc1cccc(C(=O)Nc2ccc(-n3nc(OCC(C)C)nc3-c3ccccc3C)cc2)c1. The fourth-order valence-corrected chi connectivity index (χ4v) is 3.43. The molecule has 3 aromatic carbocycles. The van der Waals surface area contributed by atoms with Gasteiger partial charge >= 0.3 is 6.01 Å². The van der Waals surface area contributed by atoms with Crippen LogP contribution in [0.4, 0.5) is 5.69 Å². The topological polar surface area (TPSA) is 78.3 Å². The highest BCUT2D eigenvalue weighted by Crippen LogP contribution is 2.27. The van der Waals surface area contributed by atoms with E-state index in [2.05, 4.69) is 29.2 Å². The lowest BCUT2D eigenvalue weighted by Gasteiger charge is -2.10.